The highest BCUT2D eigenvalue weighted by Crippen LogP contribution is 2.43. The second kappa shape index (κ2) is 54.9. The molecule has 0 fully saturated rings. The molecule has 0 aliphatic carbocycles. The molecular formula is C62H99O11P. The number of allylic oxidation sites excluding steroid dienone is 22. The highest BCUT2D eigenvalue weighted by atomic mass is 31.2. The van der Waals surface area contributed by atoms with E-state index in [1.54, 1.807) is 0 Å². The van der Waals surface area contributed by atoms with Crippen LogP contribution in [0.4, 0.5) is 0 Å². The molecule has 0 rings (SSSR count). The second-order valence-electron chi connectivity index (χ2n) is 18.0. The van der Waals surface area contributed by atoms with Crippen LogP contribution in [0.2, 0.25) is 0 Å². The lowest BCUT2D eigenvalue weighted by molar-refractivity contribution is -0.161. The molecule has 0 saturated heterocycles. The zero-order valence-electron chi connectivity index (χ0n) is 46.0. The van der Waals surface area contributed by atoms with Crippen molar-refractivity contribution >= 4 is 25.7 Å². The Bertz CT molecular complexity index is 1750. The Kier molecular flexibility index (Phi) is 51.6. The Morgan fingerprint density at radius 1 is 0.378 bits per heavy atom. The van der Waals surface area contributed by atoms with Crippen LogP contribution in [0.25, 0.3) is 0 Å². The summed E-state index contributed by atoms with van der Waals surface area (Å²) in [5.41, 5.74) is 0. The lowest BCUT2D eigenvalue weighted by Gasteiger charge is -2.21. The number of carbonyl (C=O) groups excluding carboxylic acids is 3. The molecule has 74 heavy (non-hydrogen) atoms. The number of unbranched alkanes of at least 4 members (excludes halogenated alkanes) is 11. The zero-order chi connectivity index (χ0) is 54.1. The molecule has 0 saturated carbocycles. The predicted octanol–water partition coefficient (Wildman–Crippen LogP) is 16.6. The van der Waals surface area contributed by atoms with Gasteiger partial charge >= 0.3 is 25.7 Å². The van der Waals surface area contributed by atoms with Crippen molar-refractivity contribution < 1.29 is 52.2 Å². The normalized spacial score (nSPS) is 14.4. The molecule has 0 radical (unpaired) electrons. The van der Waals surface area contributed by atoms with Crippen LogP contribution in [0, 0.1) is 0 Å². The van der Waals surface area contributed by atoms with Gasteiger partial charge in [-0.25, -0.2) is 4.57 Å². The highest BCUT2D eigenvalue weighted by molar-refractivity contribution is 7.47. The van der Waals surface area contributed by atoms with Crippen LogP contribution in [0.5, 0.6) is 0 Å². The third-order valence-corrected chi connectivity index (χ3v) is 12.0. The second-order valence-corrected chi connectivity index (χ2v) is 19.4. The Labute approximate surface area is 449 Å². The van der Waals surface area contributed by atoms with Gasteiger partial charge in [-0.3, -0.25) is 23.4 Å². The zero-order valence-corrected chi connectivity index (χ0v) is 46.9. The first-order valence-electron chi connectivity index (χ1n) is 28.1. The minimum Gasteiger partial charge on any atom is -0.462 e. The van der Waals surface area contributed by atoms with E-state index in [9.17, 15) is 28.9 Å². The lowest BCUT2D eigenvalue weighted by atomic mass is 10.1. The molecule has 12 heteroatoms. The summed E-state index contributed by atoms with van der Waals surface area (Å²) in [5, 5.41) is 9.80. The molecule has 0 aromatic rings. The van der Waals surface area contributed by atoms with Crippen LogP contribution in [0.15, 0.2) is 134 Å². The number of phosphoric acid groups is 1. The smallest absolute Gasteiger partial charge is 0.462 e. The third kappa shape index (κ3) is 52.5. The first-order chi connectivity index (χ1) is 36.2. The molecule has 0 aromatic carbocycles. The van der Waals surface area contributed by atoms with E-state index in [1.807, 2.05) is 6.08 Å². The minimum atomic E-state index is -4.78. The molecule has 3 unspecified atom stereocenters. The van der Waals surface area contributed by atoms with E-state index < -0.39 is 57.8 Å². The van der Waals surface area contributed by atoms with Crippen molar-refractivity contribution in [1.82, 2.24) is 0 Å². The van der Waals surface area contributed by atoms with Crippen molar-refractivity contribution in [3.05, 3.63) is 134 Å². The monoisotopic (exact) mass is 1050 g/mol. The number of aliphatic hydroxyl groups is 1. The summed E-state index contributed by atoms with van der Waals surface area (Å²) in [6.45, 7) is 4.17. The first kappa shape index (κ1) is 69.6. The SMILES string of the molecule is CC/C=C\C/C=C\C/C=C\C/C=C\C/C=C\CCCC(=O)OCC(COP(=O)(O)OCC(CO)OC(=O)CCCCC/C=C\C/C=C\C/C=C\CC)OC(=O)CCCCCCCCC/C=C\C/C=C\C/C=C\CC. The minimum absolute atomic E-state index is 0.130. The van der Waals surface area contributed by atoms with E-state index in [0.29, 0.717) is 25.7 Å². The van der Waals surface area contributed by atoms with Crippen LogP contribution in [0.1, 0.15) is 201 Å². The molecule has 2 N–H and O–H groups in total. The molecule has 11 nitrogen and oxygen atoms in total. The van der Waals surface area contributed by atoms with Crippen LogP contribution in [-0.2, 0) is 42.2 Å². The molecule has 0 amide bonds. The molecule has 0 aliphatic rings. The largest absolute Gasteiger partial charge is 0.472 e. The number of hydrogen-bond donors (Lipinski definition) is 2. The number of ether oxygens (including phenoxy) is 3. The van der Waals surface area contributed by atoms with Gasteiger partial charge in [-0.2, -0.15) is 0 Å². The highest BCUT2D eigenvalue weighted by Gasteiger charge is 2.28. The van der Waals surface area contributed by atoms with Crippen LogP contribution < -0.4 is 0 Å². The maximum Gasteiger partial charge on any atom is 0.472 e. The van der Waals surface area contributed by atoms with E-state index in [-0.39, 0.29) is 25.9 Å². The first-order valence-corrected chi connectivity index (χ1v) is 29.6. The van der Waals surface area contributed by atoms with E-state index in [0.717, 1.165) is 135 Å². The van der Waals surface area contributed by atoms with Gasteiger partial charge in [0.2, 0.25) is 0 Å². The summed E-state index contributed by atoms with van der Waals surface area (Å²) in [4.78, 5) is 48.5. The number of phosphoric ester groups is 1. The maximum atomic E-state index is 12.9. The average Bonchev–Trinajstić information content (AvgIpc) is 3.39. The van der Waals surface area contributed by atoms with Gasteiger partial charge in [0.05, 0.1) is 19.8 Å². The van der Waals surface area contributed by atoms with Gasteiger partial charge in [-0.05, 0) is 122 Å². The Hall–Kier alpha value is -4.38. The topological polar surface area (TPSA) is 155 Å². The molecule has 3 atom stereocenters. The van der Waals surface area contributed by atoms with Gasteiger partial charge in [0.25, 0.3) is 0 Å². The number of carbonyl (C=O) groups is 3. The quantitative estimate of drug-likeness (QED) is 0.0197. The predicted molar refractivity (Wildman–Crippen MR) is 306 cm³/mol. The number of hydrogen-bond acceptors (Lipinski definition) is 10. The van der Waals surface area contributed by atoms with Crippen LogP contribution in [-0.4, -0.2) is 66.5 Å². The molecule has 0 bridgehead atoms. The van der Waals surface area contributed by atoms with Gasteiger partial charge in [-0.15, -0.1) is 0 Å². The number of esters is 3. The molecule has 0 heterocycles. The maximum absolute atomic E-state index is 12.9. The lowest BCUT2D eigenvalue weighted by Crippen LogP contribution is -2.30. The summed E-state index contributed by atoms with van der Waals surface area (Å²) < 4.78 is 39.4. The number of aliphatic hydroxyl groups excluding tert-OH is 1. The van der Waals surface area contributed by atoms with Crippen molar-refractivity contribution in [2.45, 2.75) is 213 Å². The van der Waals surface area contributed by atoms with Gasteiger partial charge in [0, 0.05) is 19.3 Å². The molecular weight excluding hydrogens is 952 g/mol. The molecule has 0 aliphatic heterocycles. The summed E-state index contributed by atoms with van der Waals surface area (Å²) in [7, 11) is -4.78. The molecule has 0 spiro atoms. The van der Waals surface area contributed by atoms with Crippen LogP contribution >= 0.6 is 7.82 Å². The third-order valence-electron chi connectivity index (χ3n) is 11.1. The van der Waals surface area contributed by atoms with Gasteiger partial charge in [0.15, 0.2) is 6.10 Å². The molecule has 0 aromatic heterocycles. The van der Waals surface area contributed by atoms with Crippen molar-refractivity contribution in [2.24, 2.45) is 0 Å². The van der Waals surface area contributed by atoms with Crippen LogP contribution in [0.3, 0.4) is 0 Å². The Morgan fingerprint density at radius 2 is 0.676 bits per heavy atom. The van der Waals surface area contributed by atoms with Crippen molar-refractivity contribution in [1.29, 1.82) is 0 Å². The van der Waals surface area contributed by atoms with Gasteiger partial charge in [0.1, 0.15) is 12.7 Å². The van der Waals surface area contributed by atoms with Crippen molar-refractivity contribution in [3.8, 4) is 0 Å². The fraction of sp³-hybridized carbons (Fsp3) is 0.597. The standard InChI is InChI=1S/C62H99O11P/c1-4-7-10-13-16-19-22-25-27-29-31-34-36-39-42-45-48-51-60(64)69-55-59(73-62(66)53-50-47-44-41-38-35-32-30-28-26-23-20-17-14-11-8-5-2)57-71-74(67,68)70-56-58(54-63)72-61(65)52-49-46-43-40-37-33-24-21-18-15-12-9-6-3/h7-12,16-21,25-28,31,33-34,37,39,42,58-59,63H,4-6,13-15,22-24,29-30,32,35-36,38,40-41,43-57H2,1-3H3,(H,67,68)/b10-7-,11-8-,12-9-,19-16-,20-17-,21-18-,27-25-,28-26-,34-31-,37-33-,42-39-. The van der Waals surface area contributed by atoms with Crippen molar-refractivity contribution in [3.63, 3.8) is 0 Å². The van der Waals surface area contributed by atoms with Gasteiger partial charge in [-0.1, -0.05) is 193 Å². The number of rotatable bonds is 50. The van der Waals surface area contributed by atoms with E-state index >= 15 is 0 Å². The Balaban J connectivity index is 4.88. The van der Waals surface area contributed by atoms with E-state index in [1.165, 1.54) is 0 Å². The van der Waals surface area contributed by atoms with Gasteiger partial charge < -0.3 is 24.2 Å². The summed E-state index contributed by atoms with van der Waals surface area (Å²) in [6.07, 6.45) is 68.5. The fourth-order valence-electron chi connectivity index (χ4n) is 6.89. The summed E-state index contributed by atoms with van der Waals surface area (Å²) in [6, 6.07) is 0. The molecule has 418 valence electrons. The Morgan fingerprint density at radius 3 is 1.07 bits per heavy atom. The fourth-order valence-corrected chi connectivity index (χ4v) is 7.67. The average molecular weight is 1050 g/mol. The summed E-state index contributed by atoms with van der Waals surface area (Å²) in [5.74, 6) is -1.59. The van der Waals surface area contributed by atoms with E-state index in [2.05, 4.69) is 148 Å². The van der Waals surface area contributed by atoms with E-state index in [4.69, 9.17) is 23.3 Å². The summed E-state index contributed by atoms with van der Waals surface area (Å²) >= 11 is 0. The van der Waals surface area contributed by atoms with Crippen molar-refractivity contribution in [2.75, 3.05) is 26.4 Å².